The molecule has 1 heteroatoms. The Labute approximate surface area is 267 Å². The van der Waals surface area contributed by atoms with Crippen molar-refractivity contribution in [3.63, 3.8) is 0 Å². The largest absolute Gasteiger partial charge is 0.265 e. The van der Waals surface area contributed by atoms with Crippen molar-refractivity contribution in [1.29, 1.82) is 0 Å². The topological polar surface area (TPSA) is 12.9 Å². The Hall–Kier alpha value is -3.19. The number of hydrogen-bond acceptors (Lipinski definition) is 1. The molecule has 42 heavy (non-hydrogen) atoms. The Morgan fingerprint density at radius 1 is 0.238 bits per heavy atom. The molecule has 0 N–H and O–H groups in total. The molecule has 0 radical (unpaired) electrons. The molecule has 0 saturated heterocycles. The summed E-state index contributed by atoms with van der Waals surface area (Å²) in [4.78, 5) is 3.78. The van der Waals surface area contributed by atoms with E-state index in [0.29, 0.717) is 0 Å². The Bertz CT molecular complexity index is 617. The van der Waals surface area contributed by atoms with E-state index in [1.807, 2.05) is 191 Å². The highest BCUT2D eigenvalue weighted by atomic mass is 14.6. The minimum Gasteiger partial charge on any atom is -0.265 e. The summed E-state index contributed by atoms with van der Waals surface area (Å²) in [6.45, 7) is 36.0. The Balaban J connectivity index is -0.0000000562. The van der Waals surface area contributed by atoms with E-state index < -0.39 is 0 Å². The lowest BCUT2D eigenvalue weighted by Crippen LogP contribution is -1.73. The summed E-state index contributed by atoms with van der Waals surface area (Å²) in [5, 5.41) is 0. The molecule has 0 bridgehead atoms. The molecule has 0 unspecified atom stereocenters. The minimum atomic E-state index is 1.28. The summed E-state index contributed by atoms with van der Waals surface area (Å²) in [6, 6.07) is 38.5. The first-order valence-electron chi connectivity index (χ1n) is 16.9. The highest BCUT2D eigenvalue weighted by Crippen LogP contribution is 2.17. The van der Waals surface area contributed by atoms with Crippen LogP contribution in [0.1, 0.15) is 125 Å². The molecular formula is C41H75N. The fraction of sp³-hybridized carbons (Fsp3) is 0.439. The van der Waals surface area contributed by atoms with Crippen molar-refractivity contribution in [3.8, 4) is 11.1 Å². The highest BCUT2D eigenvalue weighted by Gasteiger charge is 1.91. The summed E-state index contributed by atoms with van der Waals surface area (Å²) in [5.41, 5.74) is 2.55. The Morgan fingerprint density at radius 3 is 0.548 bits per heavy atom. The smallest absolute Gasteiger partial charge is 0.0267 e. The third-order valence-corrected chi connectivity index (χ3v) is 3.11. The number of aromatic nitrogens is 1. The van der Waals surface area contributed by atoms with Gasteiger partial charge in [-0.1, -0.05) is 228 Å². The molecule has 0 spiro atoms. The molecule has 3 aromatic carbocycles. The van der Waals surface area contributed by atoms with Gasteiger partial charge in [-0.05, 0) is 23.3 Å². The van der Waals surface area contributed by atoms with Crippen LogP contribution in [0, 0.1) is 0 Å². The second-order valence-corrected chi connectivity index (χ2v) is 4.91. The lowest BCUT2D eigenvalue weighted by molar-refractivity contribution is 1.33. The maximum absolute atomic E-state index is 3.78. The van der Waals surface area contributed by atoms with Crippen LogP contribution in [0.25, 0.3) is 11.1 Å². The van der Waals surface area contributed by atoms with Gasteiger partial charge >= 0.3 is 0 Å². The molecule has 1 heterocycles. The van der Waals surface area contributed by atoms with Crippen molar-refractivity contribution < 1.29 is 0 Å². The van der Waals surface area contributed by atoms with Gasteiger partial charge in [-0.3, -0.25) is 4.98 Å². The van der Waals surface area contributed by atoms with Crippen molar-refractivity contribution in [2.45, 2.75) is 125 Å². The Morgan fingerprint density at radius 2 is 0.405 bits per heavy atom. The van der Waals surface area contributed by atoms with Crippen molar-refractivity contribution in [2.75, 3.05) is 0 Å². The first-order chi connectivity index (χ1) is 21.0. The SMILES string of the molecule is CC.CC.CC.CC.CC.CC.CC.CC.CC.c1ccc(-c2ccccc2)cc1.c1ccccc1.c1ccncc1. The van der Waals surface area contributed by atoms with E-state index in [9.17, 15) is 0 Å². The van der Waals surface area contributed by atoms with Crippen LogP contribution < -0.4 is 0 Å². The molecule has 0 aliphatic rings. The van der Waals surface area contributed by atoms with E-state index in [1.165, 1.54) is 11.1 Å². The predicted octanol–water partition coefficient (Wildman–Crippen LogP) is 15.4. The highest BCUT2D eigenvalue weighted by molar-refractivity contribution is 5.62. The zero-order valence-corrected chi connectivity index (χ0v) is 31.6. The maximum atomic E-state index is 3.78. The molecule has 244 valence electrons. The summed E-state index contributed by atoms with van der Waals surface area (Å²) >= 11 is 0. The van der Waals surface area contributed by atoms with Gasteiger partial charge in [-0.2, -0.15) is 0 Å². The summed E-state index contributed by atoms with van der Waals surface area (Å²) in [6.07, 6.45) is 3.50. The van der Waals surface area contributed by atoms with Crippen LogP contribution in [0.5, 0.6) is 0 Å². The van der Waals surface area contributed by atoms with E-state index in [4.69, 9.17) is 0 Å². The number of pyridine rings is 1. The van der Waals surface area contributed by atoms with Crippen LogP contribution in [-0.2, 0) is 0 Å². The summed E-state index contributed by atoms with van der Waals surface area (Å²) < 4.78 is 0. The van der Waals surface area contributed by atoms with Gasteiger partial charge in [0.2, 0.25) is 0 Å². The third kappa shape index (κ3) is 56.9. The molecule has 1 nitrogen and oxygen atoms in total. The van der Waals surface area contributed by atoms with Crippen LogP contribution in [0.15, 0.2) is 128 Å². The first kappa shape index (κ1) is 58.4. The van der Waals surface area contributed by atoms with Crippen LogP contribution >= 0.6 is 0 Å². The molecule has 0 aliphatic heterocycles. The van der Waals surface area contributed by atoms with Gasteiger partial charge in [0, 0.05) is 12.4 Å². The van der Waals surface area contributed by atoms with Crippen LogP contribution in [0.3, 0.4) is 0 Å². The molecule has 1 aromatic heterocycles. The third-order valence-electron chi connectivity index (χ3n) is 3.11. The summed E-state index contributed by atoms with van der Waals surface area (Å²) in [7, 11) is 0. The van der Waals surface area contributed by atoms with Crippen LogP contribution in [0.2, 0.25) is 0 Å². The molecule has 4 aromatic rings. The van der Waals surface area contributed by atoms with Crippen molar-refractivity contribution >= 4 is 0 Å². The van der Waals surface area contributed by atoms with Gasteiger partial charge in [0.05, 0.1) is 0 Å². The lowest BCUT2D eigenvalue weighted by atomic mass is 10.1. The van der Waals surface area contributed by atoms with Crippen LogP contribution in [0.4, 0.5) is 0 Å². The molecule has 0 aliphatic carbocycles. The van der Waals surface area contributed by atoms with Crippen LogP contribution in [-0.4, -0.2) is 4.98 Å². The fourth-order valence-corrected chi connectivity index (χ4v) is 1.96. The Kier molecular flexibility index (Phi) is 116. The van der Waals surface area contributed by atoms with Gasteiger partial charge < -0.3 is 0 Å². The zero-order chi connectivity index (χ0) is 34.7. The van der Waals surface area contributed by atoms with Gasteiger partial charge in [-0.25, -0.2) is 0 Å². The fourth-order valence-electron chi connectivity index (χ4n) is 1.96. The predicted molar refractivity (Wildman–Crippen MR) is 205 cm³/mol. The average Bonchev–Trinajstić information content (AvgIpc) is 3.18. The van der Waals surface area contributed by atoms with Crippen molar-refractivity contribution in [1.82, 2.24) is 4.98 Å². The lowest BCUT2D eigenvalue weighted by Gasteiger charge is -1.98. The first-order valence-corrected chi connectivity index (χ1v) is 16.9. The molecule has 0 saturated carbocycles. The number of rotatable bonds is 1. The molecule has 0 amide bonds. The molecule has 0 fully saturated rings. The normalized spacial score (nSPS) is 6.33. The van der Waals surface area contributed by atoms with Crippen molar-refractivity contribution in [2.24, 2.45) is 0 Å². The van der Waals surface area contributed by atoms with Crippen molar-refractivity contribution in [3.05, 3.63) is 128 Å². The number of benzene rings is 3. The van der Waals surface area contributed by atoms with Gasteiger partial charge in [0.15, 0.2) is 0 Å². The van der Waals surface area contributed by atoms with E-state index in [2.05, 4.69) is 53.5 Å². The van der Waals surface area contributed by atoms with E-state index >= 15 is 0 Å². The molecule has 4 rings (SSSR count). The average molecular weight is 582 g/mol. The number of nitrogens with zero attached hydrogens (tertiary/aromatic N) is 1. The second-order valence-electron chi connectivity index (χ2n) is 4.91. The van der Waals surface area contributed by atoms with Gasteiger partial charge in [0.25, 0.3) is 0 Å². The molecular weight excluding hydrogens is 506 g/mol. The monoisotopic (exact) mass is 582 g/mol. The van der Waals surface area contributed by atoms with Gasteiger partial charge in [-0.15, -0.1) is 0 Å². The maximum Gasteiger partial charge on any atom is 0.0267 e. The van der Waals surface area contributed by atoms with Gasteiger partial charge in [0.1, 0.15) is 0 Å². The van der Waals surface area contributed by atoms with E-state index in [1.54, 1.807) is 12.4 Å². The van der Waals surface area contributed by atoms with E-state index in [0.717, 1.165) is 0 Å². The summed E-state index contributed by atoms with van der Waals surface area (Å²) in [5.74, 6) is 0. The van der Waals surface area contributed by atoms with E-state index in [-0.39, 0.29) is 0 Å². The minimum absolute atomic E-state index is 1.28. The standard InChI is InChI=1S/C12H10.C6H6.C5H5N.9C2H6/c1-3-7-11(8-4-1)12-9-5-2-6-10-12;2*1-2-4-6-5-3-1;9*1-2/h1-10H;1-6H;1-5H;9*1-2H3. The second kappa shape index (κ2) is 83.2. The number of hydrogen-bond donors (Lipinski definition) is 0. The quantitative estimate of drug-likeness (QED) is 0.218. The zero-order valence-electron chi connectivity index (χ0n) is 31.6. The molecule has 0 atom stereocenters.